The molecule has 4 unspecified atom stereocenters. The second-order valence-corrected chi connectivity index (χ2v) is 18.7. The van der Waals surface area contributed by atoms with Gasteiger partial charge in [0.1, 0.15) is 0 Å². The Kier molecular flexibility index (Phi) is 56.0. The fraction of sp³-hybridized carbons (Fsp3) is 0.857. The van der Waals surface area contributed by atoms with Crippen LogP contribution in [0.15, 0.2) is 24.3 Å². The molecule has 2 N–H and O–H groups in total. The van der Waals surface area contributed by atoms with Gasteiger partial charge >= 0.3 is 61.6 Å². The number of hydrogen-bond donors (Lipinski definition) is 2. The number of aliphatic carboxylic acids is 2. The number of carboxylic acids is 2. The summed E-state index contributed by atoms with van der Waals surface area (Å²) >= 11 is 0. The monoisotopic (exact) mass is 945 g/mol. The van der Waals surface area contributed by atoms with Crippen molar-refractivity contribution in [3.05, 3.63) is 24.3 Å². The fourth-order valence-corrected chi connectivity index (χ4v) is 7.99. The summed E-state index contributed by atoms with van der Waals surface area (Å²) in [5, 5.41) is 18.3. The average molecular weight is 946 g/mol. The van der Waals surface area contributed by atoms with Crippen molar-refractivity contribution < 1.29 is 38.9 Å². The molecule has 65 heavy (non-hydrogen) atoms. The Morgan fingerprint density at radius 3 is 0.938 bits per heavy atom. The van der Waals surface area contributed by atoms with Gasteiger partial charge in [-0.05, 0) is 63.2 Å². The molecular formula is C56H104CaO8+2. The molecule has 4 atom stereocenters. The Hall–Kier alpha value is -1.38. The number of carbonyl (C=O) groups excluding carboxylic acids is 2. The summed E-state index contributed by atoms with van der Waals surface area (Å²) in [6, 6.07) is 0. The number of carboxylic acid groups (broad SMARTS) is 2. The third kappa shape index (κ3) is 48.9. The number of hydrogen-bond acceptors (Lipinski definition) is 6. The van der Waals surface area contributed by atoms with Crippen LogP contribution in [0.25, 0.3) is 0 Å². The zero-order chi connectivity index (χ0) is 47.7. The maximum absolute atomic E-state index is 12.4. The number of esters is 2. The molecule has 0 saturated heterocycles. The molecule has 0 aromatic rings. The second kappa shape index (κ2) is 53.6. The van der Waals surface area contributed by atoms with E-state index >= 15 is 0 Å². The predicted molar refractivity (Wildman–Crippen MR) is 275 cm³/mol. The van der Waals surface area contributed by atoms with Gasteiger partial charge in [-0.1, -0.05) is 233 Å². The minimum atomic E-state index is -0.941. The van der Waals surface area contributed by atoms with Gasteiger partial charge in [-0.25, -0.2) is 0 Å². The van der Waals surface area contributed by atoms with E-state index in [1.54, 1.807) is 0 Å². The van der Waals surface area contributed by atoms with Gasteiger partial charge in [0, 0.05) is 0 Å². The van der Waals surface area contributed by atoms with Crippen molar-refractivity contribution in [2.75, 3.05) is 13.2 Å². The van der Waals surface area contributed by atoms with E-state index in [4.69, 9.17) is 19.7 Å². The van der Waals surface area contributed by atoms with Crippen LogP contribution in [0, 0.1) is 23.7 Å². The minimum absolute atomic E-state index is 0. The Morgan fingerprint density at radius 2 is 0.677 bits per heavy atom. The molecule has 0 heterocycles. The van der Waals surface area contributed by atoms with Crippen molar-refractivity contribution in [1.82, 2.24) is 0 Å². The Bertz CT molecular complexity index is 1040. The predicted octanol–water partition coefficient (Wildman–Crippen LogP) is 16.6. The third-order valence-corrected chi connectivity index (χ3v) is 12.6. The van der Waals surface area contributed by atoms with Crippen LogP contribution in [0.2, 0.25) is 0 Å². The molecule has 9 heteroatoms. The van der Waals surface area contributed by atoms with E-state index in [2.05, 4.69) is 53.7 Å². The van der Waals surface area contributed by atoms with E-state index in [0.29, 0.717) is 37.9 Å². The Balaban J connectivity index is -0.00000116. The first kappa shape index (κ1) is 67.9. The summed E-state index contributed by atoms with van der Waals surface area (Å²) in [5.41, 5.74) is 0. The van der Waals surface area contributed by atoms with E-state index in [-0.39, 0.29) is 62.5 Å². The van der Waals surface area contributed by atoms with Crippen molar-refractivity contribution in [1.29, 1.82) is 0 Å². The molecule has 0 bridgehead atoms. The van der Waals surface area contributed by atoms with Crippen molar-refractivity contribution in [3.63, 3.8) is 0 Å². The Morgan fingerprint density at radius 1 is 0.400 bits per heavy atom. The SMILES string of the molecule is CCCCCCCCCCCCC/C=C/CC(CC(=O)O)C(=O)OCC(CC)CCCC.CCCCCCCCCCCCC/C=C/CC(CC(=O)O)C(=O)OCC(CC)CCCC.[Ca+2]. The topological polar surface area (TPSA) is 127 Å². The van der Waals surface area contributed by atoms with E-state index in [0.717, 1.165) is 77.0 Å². The summed E-state index contributed by atoms with van der Waals surface area (Å²) in [4.78, 5) is 47.2. The average Bonchev–Trinajstić information content (AvgIpc) is 3.28. The molecule has 0 aromatic heterocycles. The summed E-state index contributed by atoms with van der Waals surface area (Å²) in [5.74, 6) is -3.01. The molecule has 0 aliphatic carbocycles. The van der Waals surface area contributed by atoms with Crippen LogP contribution in [0.4, 0.5) is 0 Å². The third-order valence-electron chi connectivity index (χ3n) is 12.6. The van der Waals surface area contributed by atoms with Crippen molar-refractivity contribution in [3.8, 4) is 0 Å². The first-order chi connectivity index (χ1) is 31.1. The first-order valence-electron chi connectivity index (χ1n) is 27.2. The molecule has 0 saturated carbocycles. The van der Waals surface area contributed by atoms with Gasteiger partial charge in [0.25, 0.3) is 0 Å². The van der Waals surface area contributed by atoms with E-state index in [9.17, 15) is 19.2 Å². The van der Waals surface area contributed by atoms with Crippen molar-refractivity contribution in [2.24, 2.45) is 23.7 Å². The quantitative estimate of drug-likeness (QED) is 0.0267. The molecule has 0 aliphatic rings. The summed E-state index contributed by atoms with van der Waals surface area (Å²) in [6.45, 7) is 13.9. The number of ether oxygens (including phenoxy) is 2. The standard InChI is InChI=1S/2C28H52O4.Ca/c2*1-4-7-9-10-11-12-13-14-15-16-17-18-19-20-22-26(23-27(29)30)28(31)32-24-25(6-3)21-8-5-2;/h2*19-20,25-26H,4-18,21-24H2,1-3H3,(H,29,30);/q;;+2/b2*20-19+;. The van der Waals surface area contributed by atoms with Crippen molar-refractivity contribution >= 4 is 61.6 Å². The second-order valence-electron chi connectivity index (χ2n) is 18.7. The largest absolute Gasteiger partial charge is 2.00 e. The van der Waals surface area contributed by atoms with Crippen LogP contribution in [-0.2, 0) is 28.7 Å². The molecule has 0 spiro atoms. The van der Waals surface area contributed by atoms with Gasteiger partial charge in [0.05, 0.1) is 37.9 Å². The number of allylic oxidation sites excluding steroid dienone is 4. The maximum Gasteiger partial charge on any atom is 2.00 e. The van der Waals surface area contributed by atoms with Gasteiger partial charge in [-0.15, -0.1) is 0 Å². The first-order valence-corrected chi connectivity index (χ1v) is 27.2. The van der Waals surface area contributed by atoms with Gasteiger partial charge in [-0.2, -0.15) is 0 Å². The fourth-order valence-electron chi connectivity index (χ4n) is 7.99. The number of rotatable bonds is 46. The summed E-state index contributed by atoms with van der Waals surface area (Å²) in [6.07, 6.45) is 48.7. The van der Waals surface area contributed by atoms with E-state index in [1.165, 1.54) is 128 Å². The minimum Gasteiger partial charge on any atom is -0.481 e. The van der Waals surface area contributed by atoms with Crippen molar-refractivity contribution in [2.45, 2.75) is 273 Å². The van der Waals surface area contributed by atoms with Crippen LogP contribution in [0.5, 0.6) is 0 Å². The van der Waals surface area contributed by atoms with Crippen LogP contribution in [-0.4, -0.2) is 85.0 Å². The van der Waals surface area contributed by atoms with Crippen LogP contribution >= 0.6 is 0 Å². The van der Waals surface area contributed by atoms with Gasteiger partial charge < -0.3 is 19.7 Å². The van der Waals surface area contributed by atoms with E-state index < -0.39 is 23.8 Å². The molecule has 0 aromatic carbocycles. The number of unbranched alkanes of at least 4 members (excludes halogenated alkanes) is 24. The number of carbonyl (C=O) groups is 4. The molecule has 0 fully saturated rings. The summed E-state index contributed by atoms with van der Waals surface area (Å²) in [7, 11) is 0. The van der Waals surface area contributed by atoms with Crippen LogP contribution in [0.3, 0.4) is 0 Å². The molecular weight excluding hydrogens is 841 g/mol. The molecule has 0 amide bonds. The summed E-state index contributed by atoms with van der Waals surface area (Å²) < 4.78 is 11.0. The van der Waals surface area contributed by atoms with E-state index in [1.807, 2.05) is 12.2 Å². The van der Waals surface area contributed by atoms with Crippen LogP contribution in [0.1, 0.15) is 273 Å². The Labute approximate surface area is 431 Å². The van der Waals surface area contributed by atoms with Gasteiger partial charge in [0.2, 0.25) is 0 Å². The molecule has 0 rings (SSSR count). The van der Waals surface area contributed by atoms with Gasteiger partial charge in [-0.3, -0.25) is 19.2 Å². The normalized spacial score (nSPS) is 13.1. The maximum atomic E-state index is 12.4. The van der Waals surface area contributed by atoms with Gasteiger partial charge in [0.15, 0.2) is 0 Å². The zero-order valence-electron chi connectivity index (χ0n) is 43.5. The zero-order valence-corrected chi connectivity index (χ0v) is 45.7. The molecule has 0 radical (unpaired) electrons. The van der Waals surface area contributed by atoms with Crippen LogP contribution < -0.4 is 0 Å². The molecule has 376 valence electrons. The smallest absolute Gasteiger partial charge is 0.481 e. The molecule has 0 aliphatic heterocycles. The molecule has 8 nitrogen and oxygen atoms in total.